The smallest absolute Gasteiger partial charge is 0.416 e. The van der Waals surface area contributed by atoms with Gasteiger partial charge in [-0.25, -0.2) is 0 Å². The monoisotopic (exact) mass is 637 g/mol. The molecular weight excluding hydrogens is 603 g/mol. The van der Waals surface area contributed by atoms with Crippen molar-refractivity contribution in [1.82, 2.24) is 14.5 Å². The second-order valence-electron chi connectivity index (χ2n) is 11.6. The number of halogens is 3. The molecule has 4 aromatic rings. The number of aryl methyl sites for hydroxylation is 1. The number of imidazole rings is 1. The van der Waals surface area contributed by atoms with Crippen LogP contribution in [0, 0.1) is 10.1 Å². The lowest BCUT2D eigenvalue weighted by molar-refractivity contribution is -0.389. The van der Waals surface area contributed by atoms with E-state index in [0.717, 1.165) is 55.3 Å². The topological polar surface area (TPSA) is 95.1 Å². The number of anilines is 1. The number of rotatable bonds is 10. The molecule has 3 aromatic carbocycles. The third-order valence-electron chi connectivity index (χ3n) is 8.21. The molecule has 3 heterocycles. The highest BCUT2D eigenvalue weighted by Crippen LogP contribution is 2.30. The maximum Gasteiger partial charge on any atom is 0.416 e. The first-order valence-electron chi connectivity index (χ1n) is 15.1. The van der Waals surface area contributed by atoms with Gasteiger partial charge in [0, 0.05) is 55.9 Å². The van der Waals surface area contributed by atoms with E-state index in [-0.39, 0.29) is 24.5 Å². The molecule has 0 bridgehead atoms. The molecule has 0 amide bonds. The minimum atomic E-state index is -4.35. The summed E-state index contributed by atoms with van der Waals surface area (Å²) < 4.78 is 57.5. The Morgan fingerprint density at radius 3 is 2.28 bits per heavy atom. The fourth-order valence-corrected chi connectivity index (χ4v) is 5.73. The summed E-state index contributed by atoms with van der Waals surface area (Å²) in [5.41, 5.74) is 2.28. The Kier molecular flexibility index (Phi) is 9.02. The van der Waals surface area contributed by atoms with Crippen LogP contribution in [0.4, 0.5) is 24.7 Å². The van der Waals surface area contributed by atoms with Gasteiger partial charge in [-0.2, -0.15) is 13.2 Å². The molecule has 2 aliphatic rings. The van der Waals surface area contributed by atoms with Gasteiger partial charge in [0.15, 0.2) is 0 Å². The minimum absolute atomic E-state index is 0.195. The van der Waals surface area contributed by atoms with Gasteiger partial charge in [-0.3, -0.25) is 9.47 Å². The van der Waals surface area contributed by atoms with Gasteiger partial charge in [0.25, 0.3) is 0 Å². The molecule has 6 rings (SSSR count). The van der Waals surface area contributed by atoms with E-state index in [1.54, 1.807) is 4.57 Å². The molecule has 0 aliphatic carbocycles. The van der Waals surface area contributed by atoms with E-state index in [9.17, 15) is 23.3 Å². The molecule has 0 spiro atoms. The van der Waals surface area contributed by atoms with E-state index in [4.69, 9.17) is 14.2 Å². The molecule has 0 radical (unpaired) electrons. The van der Waals surface area contributed by atoms with Crippen LogP contribution in [0.5, 0.6) is 17.5 Å². The quantitative estimate of drug-likeness (QED) is 0.147. The lowest BCUT2D eigenvalue weighted by Crippen LogP contribution is -2.51. The van der Waals surface area contributed by atoms with Gasteiger partial charge in [-0.1, -0.05) is 24.3 Å². The number of benzene rings is 3. The van der Waals surface area contributed by atoms with Crippen molar-refractivity contribution in [2.45, 2.75) is 51.4 Å². The fraction of sp³-hybridized carbons (Fsp3) is 0.364. The molecule has 2 aliphatic heterocycles. The summed E-state index contributed by atoms with van der Waals surface area (Å²) in [4.78, 5) is 19.2. The molecule has 1 aromatic heterocycles. The number of aromatic nitrogens is 2. The summed E-state index contributed by atoms with van der Waals surface area (Å²) in [7, 11) is 0. The van der Waals surface area contributed by atoms with Crippen LogP contribution >= 0.6 is 0 Å². The summed E-state index contributed by atoms with van der Waals surface area (Å²) in [5.74, 6) is 1.17. The highest BCUT2D eigenvalue weighted by molar-refractivity contribution is 5.50. The van der Waals surface area contributed by atoms with Crippen molar-refractivity contribution >= 4 is 11.5 Å². The molecule has 0 unspecified atom stereocenters. The van der Waals surface area contributed by atoms with Crippen LogP contribution in [0.25, 0.3) is 0 Å². The predicted octanol–water partition coefficient (Wildman–Crippen LogP) is 6.33. The largest absolute Gasteiger partial charge is 0.490 e. The zero-order valence-electron chi connectivity index (χ0n) is 25.2. The Bertz CT molecular complexity index is 1630. The Morgan fingerprint density at radius 2 is 1.61 bits per heavy atom. The summed E-state index contributed by atoms with van der Waals surface area (Å²) >= 11 is 0. The first-order valence-corrected chi connectivity index (χ1v) is 15.1. The molecule has 2 atom stereocenters. The van der Waals surface area contributed by atoms with Gasteiger partial charge < -0.3 is 29.2 Å². The average Bonchev–Trinajstić information content (AvgIpc) is 3.48. The molecule has 1 saturated heterocycles. The molecule has 242 valence electrons. The second-order valence-corrected chi connectivity index (χ2v) is 11.6. The molecular formula is C33H34F3N5O5. The zero-order chi connectivity index (χ0) is 32.3. The number of fused-ring (bicyclic) bond motifs is 1. The van der Waals surface area contributed by atoms with Crippen molar-refractivity contribution in [2.75, 3.05) is 31.1 Å². The standard InChI is InChI=1S/C33H34F3N5O5/c1-23-18-38(19-24-4-10-28(11-5-24)44-21-25-2-6-26(7-3-25)33(34,35)36)16-17-40(23)27-8-12-29(13-9-27)45-22-30-14-15-39-20-31(41(42)43)37-32(39)46-30/h2-13,20,23,30H,14-19,21-22H2,1H3/t23-,30+/m1/s1. The van der Waals surface area contributed by atoms with Crippen molar-refractivity contribution in [2.24, 2.45) is 0 Å². The Morgan fingerprint density at radius 1 is 0.935 bits per heavy atom. The van der Waals surface area contributed by atoms with Crippen molar-refractivity contribution in [3.8, 4) is 17.5 Å². The van der Waals surface area contributed by atoms with Crippen LogP contribution in [0.2, 0.25) is 0 Å². The number of nitrogens with zero attached hydrogens (tertiary/aromatic N) is 5. The Labute approximate surface area is 264 Å². The first-order chi connectivity index (χ1) is 22.1. The maximum absolute atomic E-state index is 12.8. The fourth-order valence-electron chi connectivity index (χ4n) is 5.73. The Balaban J connectivity index is 0.939. The third kappa shape index (κ3) is 7.53. The van der Waals surface area contributed by atoms with Crippen molar-refractivity contribution in [3.05, 3.63) is 106 Å². The SMILES string of the molecule is C[C@@H]1CN(Cc2ccc(OCc3ccc(C(F)(F)F)cc3)cc2)CCN1c1ccc(OC[C@@H]2CCn3cc([N+](=O)[O-])nc3O2)cc1. The summed E-state index contributed by atoms with van der Waals surface area (Å²) in [6.45, 7) is 6.80. The van der Waals surface area contributed by atoms with Crippen molar-refractivity contribution < 1.29 is 32.3 Å². The van der Waals surface area contributed by atoms with Crippen LogP contribution in [0.3, 0.4) is 0 Å². The van der Waals surface area contributed by atoms with Crippen molar-refractivity contribution in [1.29, 1.82) is 0 Å². The maximum atomic E-state index is 12.8. The average molecular weight is 638 g/mol. The molecule has 1 fully saturated rings. The van der Waals surface area contributed by atoms with Crippen LogP contribution < -0.4 is 19.1 Å². The molecule has 0 saturated carbocycles. The van der Waals surface area contributed by atoms with E-state index >= 15 is 0 Å². The van der Waals surface area contributed by atoms with Crippen LogP contribution in [0.1, 0.15) is 30.0 Å². The van der Waals surface area contributed by atoms with E-state index in [1.807, 2.05) is 36.4 Å². The van der Waals surface area contributed by atoms with Crippen LogP contribution in [0.15, 0.2) is 79.0 Å². The lowest BCUT2D eigenvalue weighted by Gasteiger charge is -2.41. The number of hydrogen-bond acceptors (Lipinski definition) is 8. The molecule has 10 nitrogen and oxygen atoms in total. The Hall–Kier alpha value is -4.78. The molecule has 46 heavy (non-hydrogen) atoms. The highest BCUT2D eigenvalue weighted by atomic mass is 19.4. The number of ether oxygens (including phenoxy) is 3. The normalized spacial score (nSPS) is 18.5. The molecule has 0 N–H and O–H groups in total. The highest BCUT2D eigenvalue weighted by Gasteiger charge is 2.30. The summed E-state index contributed by atoms with van der Waals surface area (Å²) in [6, 6.07) is 21.4. The van der Waals surface area contributed by atoms with Gasteiger partial charge in [-0.05, 0) is 71.5 Å². The first kappa shape index (κ1) is 31.2. The van der Waals surface area contributed by atoms with Gasteiger partial charge in [-0.15, -0.1) is 0 Å². The number of hydrogen-bond donors (Lipinski definition) is 0. The number of nitro groups is 1. The van der Waals surface area contributed by atoms with Gasteiger partial charge in [0.05, 0.1) is 5.56 Å². The number of piperazine rings is 1. The van der Waals surface area contributed by atoms with Gasteiger partial charge in [0.2, 0.25) is 0 Å². The lowest BCUT2D eigenvalue weighted by atomic mass is 10.1. The van der Waals surface area contributed by atoms with Gasteiger partial charge in [0.1, 0.15) is 37.0 Å². The third-order valence-corrected chi connectivity index (χ3v) is 8.21. The summed E-state index contributed by atoms with van der Waals surface area (Å²) in [6.07, 6.45) is -2.53. The summed E-state index contributed by atoms with van der Waals surface area (Å²) in [5, 5.41) is 11.0. The van der Waals surface area contributed by atoms with E-state index in [0.29, 0.717) is 36.9 Å². The van der Waals surface area contributed by atoms with Crippen LogP contribution in [-0.2, 0) is 25.9 Å². The van der Waals surface area contributed by atoms with Crippen molar-refractivity contribution in [3.63, 3.8) is 0 Å². The van der Waals surface area contributed by atoms with Crippen LogP contribution in [-0.4, -0.2) is 57.8 Å². The van der Waals surface area contributed by atoms with E-state index < -0.39 is 16.7 Å². The number of alkyl halides is 3. The van der Waals surface area contributed by atoms with Gasteiger partial charge >= 0.3 is 18.0 Å². The van der Waals surface area contributed by atoms with E-state index in [2.05, 4.69) is 33.8 Å². The minimum Gasteiger partial charge on any atom is -0.490 e. The molecule has 13 heteroatoms. The predicted molar refractivity (Wildman–Crippen MR) is 164 cm³/mol. The zero-order valence-corrected chi connectivity index (χ0v) is 25.2. The van der Waals surface area contributed by atoms with E-state index in [1.165, 1.54) is 18.3 Å². The second kappa shape index (κ2) is 13.3.